The standard InChI is InChI=1S/C24H39N3O5Si/c1-7-12-21(28)26-18-20(27-22(29)13-8-2)23(30)25-16-11-10-14-19(24(31)32-9-3)15-17-33(4,5)6/h12-13,19-20H,1-2,9-11,14-18H2,3-6H3,(H,25,30)(H,26,28)(H,27,29). The Morgan fingerprint density at radius 2 is 1.61 bits per heavy atom. The molecule has 0 saturated carbocycles. The molecule has 0 aliphatic carbocycles. The first-order valence-corrected chi connectivity index (χ1v) is 15.0. The van der Waals surface area contributed by atoms with Crippen LogP contribution in [0.5, 0.6) is 0 Å². The SMILES string of the molecule is C=C=CC(=O)NCC(NC(=O)C=C=C)C(=O)NCCCCC(CC[Si](C)(C)C)C(=O)OCC. The Morgan fingerprint density at radius 3 is 2.18 bits per heavy atom. The van der Waals surface area contributed by atoms with E-state index in [4.69, 9.17) is 4.74 Å². The van der Waals surface area contributed by atoms with E-state index in [1.807, 2.05) is 0 Å². The van der Waals surface area contributed by atoms with Gasteiger partial charge in [-0.2, -0.15) is 0 Å². The maximum Gasteiger partial charge on any atom is 0.308 e. The predicted octanol–water partition coefficient (Wildman–Crippen LogP) is 2.46. The number of carbonyl (C=O) groups excluding carboxylic acids is 4. The first-order chi connectivity index (χ1) is 15.5. The molecule has 0 aromatic heterocycles. The topological polar surface area (TPSA) is 114 Å². The molecule has 0 bridgehead atoms. The summed E-state index contributed by atoms with van der Waals surface area (Å²) >= 11 is 0. The van der Waals surface area contributed by atoms with Gasteiger partial charge in [-0.25, -0.2) is 0 Å². The van der Waals surface area contributed by atoms with Gasteiger partial charge in [0.2, 0.25) is 5.91 Å². The summed E-state index contributed by atoms with van der Waals surface area (Å²) in [5, 5.41) is 7.78. The molecule has 2 unspecified atom stereocenters. The van der Waals surface area contributed by atoms with Crippen LogP contribution in [-0.4, -0.2) is 57.5 Å². The van der Waals surface area contributed by atoms with E-state index in [9.17, 15) is 19.2 Å². The molecule has 0 heterocycles. The van der Waals surface area contributed by atoms with Gasteiger partial charge < -0.3 is 20.7 Å². The van der Waals surface area contributed by atoms with Crippen LogP contribution in [0, 0.1) is 5.92 Å². The summed E-state index contributed by atoms with van der Waals surface area (Å²) in [6, 6.07) is 0.0915. The molecular weight excluding hydrogens is 438 g/mol. The molecule has 0 saturated heterocycles. The monoisotopic (exact) mass is 477 g/mol. The molecule has 9 heteroatoms. The van der Waals surface area contributed by atoms with E-state index in [-0.39, 0.29) is 18.4 Å². The average molecular weight is 478 g/mol. The van der Waals surface area contributed by atoms with Crippen LogP contribution in [-0.2, 0) is 23.9 Å². The molecule has 33 heavy (non-hydrogen) atoms. The van der Waals surface area contributed by atoms with Crippen molar-refractivity contribution < 1.29 is 23.9 Å². The van der Waals surface area contributed by atoms with Crippen molar-refractivity contribution in [1.29, 1.82) is 0 Å². The van der Waals surface area contributed by atoms with E-state index in [1.165, 1.54) is 0 Å². The van der Waals surface area contributed by atoms with Gasteiger partial charge >= 0.3 is 5.97 Å². The van der Waals surface area contributed by atoms with Crippen LogP contribution < -0.4 is 16.0 Å². The molecule has 2 atom stereocenters. The molecule has 8 nitrogen and oxygen atoms in total. The lowest BCUT2D eigenvalue weighted by Gasteiger charge is -2.21. The number of unbranched alkanes of at least 4 members (excludes halogenated alkanes) is 1. The number of ether oxygens (including phenoxy) is 1. The third kappa shape index (κ3) is 15.6. The minimum atomic E-state index is -1.26. The number of carbonyl (C=O) groups is 4. The number of hydrogen-bond acceptors (Lipinski definition) is 5. The quantitative estimate of drug-likeness (QED) is 0.104. The van der Waals surface area contributed by atoms with Crippen molar-refractivity contribution in [3.63, 3.8) is 0 Å². The Hall–Kier alpha value is -2.86. The summed E-state index contributed by atoms with van der Waals surface area (Å²) in [6.45, 7) is 15.9. The first kappa shape index (κ1) is 30.1. The van der Waals surface area contributed by atoms with Gasteiger partial charge in [0, 0.05) is 33.3 Å². The highest BCUT2D eigenvalue weighted by molar-refractivity contribution is 6.76. The molecule has 0 aliphatic rings. The second-order valence-corrected chi connectivity index (χ2v) is 14.5. The molecule has 184 valence electrons. The zero-order valence-electron chi connectivity index (χ0n) is 20.4. The molecule has 0 fully saturated rings. The highest BCUT2D eigenvalue weighted by Gasteiger charge is 2.23. The minimum Gasteiger partial charge on any atom is -0.466 e. The van der Waals surface area contributed by atoms with Crippen molar-refractivity contribution in [3.05, 3.63) is 36.8 Å². The van der Waals surface area contributed by atoms with Crippen LogP contribution in [0.25, 0.3) is 0 Å². The van der Waals surface area contributed by atoms with Gasteiger partial charge in [0.25, 0.3) is 11.8 Å². The zero-order chi connectivity index (χ0) is 25.3. The molecule has 0 radical (unpaired) electrons. The fourth-order valence-corrected chi connectivity index (χ4v) is 4.17. The smallest absolute Gasteiger partial charge is 0.308 e. The van der Waals surface area contributed by atoms with E-state index >= 15 is 0 Å². The van der Waals surface area contributed by atoms with Gasteiger partial charge in [0.05, 0.1) is 12.5 Å². The van der Waals surface area contributed by atoms with E-state index < -0.39 is 31.8 Å². The van der Waals surface area contributed by atoms with Gasteiger partial charge in [-0.15, -0.1) is 11.5 Å². The molecule has 3 amide bonds. The zero-order valence-corrected chi connectivity index (χ0v) is 21.4. The summed E-state index contributed by atoms with van der Waals surface area (Å²) < 4.78 is 5.22. The highest BCUT2D eigenvalue weighted by atomic mass is 28.3. The van der Waals surface area contributed by atoms with Gasteiger partial charge in [-0.3, -0.25) is 19.2 Å². The number of amides is 3. The van der Waals surface area contributed by atoms with Crippen LogP contribution in [0.3, 0.4) is 0 Å². The Kier molecular flexibility index (Phi) is 15.3. The van der Waals surface area contributed by atoms with Crippen LogP contribution in [0.2, 0.25) is 25.7 Å². The fraction of sp³-hybridized carbons (Fsp3) is 0.583. The summed E-state index contributed by atoms with van der Waals surface area (Å²) in [7, 11) is -1.26. The van der Waals surface area contributed by atoms with E-state index in [1.54, 1.807) is 6.92 Å². The molecule has 0 aliphatic heterocycles. The Morgan fingerprint density at radius 1 is 0.970 bits per heavy atom. The lowest BCUT2D eigenvalue weighted by molar-refractivity contribution is -0.148. The molecule has 0 aromatic rings. The molecule has 0 rings (SSSR count). The normalized spacial score (nSPS) is 12.2. The lowest BCUT2D eigenvalue weighted by Crippen LogP contribution is -2.52. The fourth-order valence-electron chi connectivity index (χ4n) is 2.96. The van der Waals surface area contributed by atoms with Crippen LogP contribution in [0.4, 0.5) is 0 Å². The molecule has 0 spiro atoms. The van der Waals surface area contributed by atoms with E-state index in [0.717, 1.165) is 31.0 Å². The molecule has 0 aromatic carbocycles. The van der Waals surface area contributed by atoms with E-state index in [2.05, 4.69) is 60.2 Å². The van der Waals surface area contributed by atoms with Gasteiger partial charge in [0.15, 0.2) is 0 Å². The second-order valence-electron chi connectivity index (χ2n) is 8.84. The lowest BCUT2D eigenvalue weighted by atomic mass is 9.99. The van der Waals surface area contributed by atoms with Gasteiger partial charge in [0.1, 0.15) is 6.04 Å². The average Bonchev–Trinajstić information content (AvgIpc) is 2.72. The summed E-state index contributed by atoms with van der Waals surface area (Å²) in [5.41, 5.74) is 4.68. The second kappa shape index (κ2) is 16.7. The first-order valence-electron chi connectivity index (χ1n) is 11.3. The number of esters is 1. The minimum absolute atomic E-state index is 0.0960. The predicted molar refractivity (Wildman–Crippen MR) is 132 cm³/mol. The summed E-state index contributed by atoms with van der Waals surface area (Å²) in [4.78, 5) is 48.2. The Balaban J connectivity index is 4.71. The van der Waals surface area contributed by atoms with Gasteiger partial charge in [-0.05, 0) is 26.2 Å². The Bertz CT molecular complexity index is 763. The van der Waals surface area contributed by atoms with Crippen molar-refractivity contribution >= 4 is 31.8 Å². The van der Waals surface area contributed by atoms with Crippen molar-refractivity contribution in [3.8, 4) is 0 Å². The molecular formula is C24H39N3O5Si. The van der Waals surface area contributed by atoms with Crippen molar-refractivity contribution in [2.24, 2.45) is 5.92 Å². The van der Waals surface area contributed by atoms with Gasteiger partial charge in [-0.1, -0.05) is 45.3 Å². The van der Waals surface area contributed by atoms with Crippen molar-refractivity contribution in [2.75, 3.05) is 19.7 Å². The third-order valence-electron chi connectivity index (χ3n) is 4.72. The number of rotatable bonds is 16. The van der Waals surface area contributed by atoms with Crippen LogP contribution in [0.1, 0.15) is 32.6 Å². The third-order valence-corrected chi connectivity index (χ3v) is 6.51. The maximum absolute atomic E-state index is 12.5. The van der Waals surface area contributed by atoms with E-state index in [0.29, 0.717) is 26.0 Å². The van der Waals surface area contributed by atoms with Crippen LogP contribution in [0.15, 0.2) is 36.8 Å². The maximum atomic E-state index is 12.5. The highest BCUT2D eigenvalue weighted by Crippen LogP contribution is 2.22. The number of hydrogen-bond donors (Lipinski definition) is 3. The van der Waals surface area contributed by atoms with Crippen molar-refractivity contribution in [1.82, 2.24) is 16.0 Å². The largest absolute Gasteiger partial charge is 0.466 e. The Labute approximate surface area is 198 Å². The van der Waals surface area contributed by atoms with Crippen molar-refractivity contribution in [2.45, 2.75) is 64.3 Å². The molecule has 3 N–H and O–H groups in total. The summed E-state index contributed by atoms with van der Waals surface area (Å²) in [6.07, 6.45) is 5.13. The van der Waals surface area contributed by atoms with Crippen LogP contribution >= 0.6 is 0 Å². The number of nitrogens with one attached hydrogen (secondary N) is 3. The summed E-state index contributed by atoms with van der Waals surface area (Å²) in [5.74, 6) is -1.72.